The fourth-order valence-electron chi connectivity index (χ4n) is 3.21. The number of piperidine rings is 1. The first-order chi connectivity index (χ1) is 13.2. The summed E-state index contributed by atoms with van der Waals surface area (Å²) in [5.41, 5.74) is 3.06. The van der Waals surface area contributed by atoms with Gasteiger partial charge in [-0.25, -0.2) is 0 Å². The Hall–Kier alpha value is -2.18. The van der Waals surface area contributed by atoms with Crippen molar-refractivity contribution in [2.24, 2.45) is 0 Å². The van der Waals surface area contributed by atoms with Crippen LogP contribution in [0.25, 0.3) is 0 Å². The number of hydrogen-bond donors (Lipinski definition) is 2. The molecule has 144 valence electrons. The molecule has 2 amide bonds. The van der Waals surface area contributed by atoms with E-state index >= 15 is 0 Å². The van der Waals surface area contributed by atoms with Gasteiger partial charge in [0.05, 0.1) is 0 Å². The first-order valence-electron chi connectivity index (χ1n) is 9.58. The lowest BCUT2D eigenvalue weighted by Crippen LogP contribution is -2.30. The Morgan fingerprint density at radius 1 is 0.963 bits per heavy atom. The molecular formula is C21H27N3O2S. The van der Waals surface area contributed by atoms with Crippen molar-refractivity contribution >= 4 is 23.2 Å². The summed E-state index contributed by atoms with van der Waals surface area (Å²) in [7, 11) is 0. The Labute approximate surface area is 164 Å². The van der Waals surface area contributed by atoms with Crippen molar-refractivity contribution in [2.45, 2.75) is 38.8 Å². The van der Waals surface area contributed by atoms with E-state index in [0.717, 1.165) is 12.1 Å². The molecule has 1 saturated heterocycles. The molecule has 6 heteroatoms. The van der Waals surface area contributed by atoms with Gasteiger partial charge in [0.25, 0.3) is 5.91 Å². The van der Waals surface area contributed by atoms with Gasteiger partial charge < -0.3 is 10.6 Å². The van der Waals surface area contributed by atoms with Crippen molar-refractivity contribution in [1.82, 2.24) is 15.5 Å². The number of nitrogens with zero attached hydrogens (tertiary/aromatic N) is 1. The van der Waals surface area contributed by atoms with Gasteiger partial charge in [-0.1, -0.05) is 30.7 Å². The van der Waals surface area contributed by atoms with E-state index in [0.29, 0.717) is 18.7 Å². The molecule has 1 aromatic carbocycles. The second-order valence-electron chi connectivity index (χ2n) is 6.95. The summed E-state index contributed by atoms with van der Waals surface area (Å²) in [6.07, 6.45) is 4.24. The van der Waals surface area contributed by atoms with E-state index < -0.39 is 0 Å². The zero-order valence-corrected chi connectivity index (χ0v) is 16.4. The van der Waals surface area contributed by atoms with Crippen LogP contribution in [0.2, 0.25) is 0 Å². The van der Waals surface area contributed by atoms with Crippen molar-refractivity contribution in [3.63, 3.8) is 0 Å². The topological polar surface area (TPSA) is 61.4 Å². The van der Waals surface area contributed by atoms with Gasteiger partial charge in [0.1, 0.15) is 0 Å². The Bertz CT molecular complexity index is 722. The van der Waals surface area contributed by atoms with Gasteiger partial charge in [0.2, 0.25) is 5.91 Å². The second kappa shape index (κ2) is 10.2. The Morgan fingerprint density at radius 2 is 1.70 bits per heavy atom. The monoisotopic (exact) mass is 385 g/mol. The minimum Gasteiger partial charge on any atom is -0.352 e. The molecule has 3 rings (SSSR count). The van der Waals surface area contributed by atoms with Gasteiger partial charge >= 0.3 is 0 Å². The average molecular weight is 386 g/mol. The molecule has 1 fully saturated rings. The fourth-order valence-corrected chi connectivity index (χ4v) is 3.85. The molecule has 0 spiro atoms. The molecule has 2 N–H and O–H groups in total. The summed E-state index contributed by atoms with van der Waals surface area (Å²) in [4.78, 5) is 26.3. The molecule has 0 unspecified atom stereocenters. The van der Waals surface area contributed by atoms with E-state index in [1.165, 1.54) is 49.3 Å². The fraction of sp³-hybridized carbons (Fsp3) is 0.429. The van der Waals surface area contributed by atoms with Crippen molar-refractivity contribution in [2.75, 3.05) is 19.6 Å². The number of benzene rings is 1. The maximum absolute atomic E-state index is 11.9. The number of hydrogen-bond acceptors (Lipinski definition) is 4. The molecule has 0 radical (unpaired) electrons. The van der Waals surface area contributed by atoms with E-state index in [1.807, 2.05) is 5.38 Å². The zero-order chi connectivity index (χ0) is 18.9. The van der Waals surface area contributed by atoms with Gasteiger partial charge in [-0.05, 0) is 48.5 Å². The normalized spacial score (nSPS) is 14.7. The molecule has 0 atom stereocenters. The lowest BCUT2D eigenvalue weighted by Gasteiger charge is -2.26. The number of rotatable bonds is 8. The highest BCUT2D eigenvalue weighted by atomic mass is 32.1. The van der Waals surface area contributed by atoms with Crippen LogP contribution >= 0.6 is 11.3 Å². The third-order valence-electron chi connectivity index (χ3n) is 4.79. The largest absolute Gasteiger partial charge is 0.352 e. The Kier molecular flexibility index (Phi) is 7.42. The summed E-state index contributed by atoms with van der Waals surface area (Å²) in [6.45, 7) is 4.26. The molecule has 1 aliphatic rings. The zero-order valence-electron chi connectivity index (χ0n) is 15.6. The van der Waals surface area contributed by atoms with Crippen LogP contribution in [0.4, 0.5) is 0 Å². The SMILES string of the molecule is O=C(CCNC(=O)c1ccsc1)NCc1ccc(CN2CCCCC2)cc1. The summed E-state index contributed by atoms with van der Waals surface area (Å²) >= 11 is 1.48. The number of carbonyl (C=O) groups excluding carboxylic acids is 2. The number of thiophene rings is 1. The number of amides is 2. The summed E-state index contributed by atoms with van der Waals surface area (Å²) in [5.74, 6) is -0.189. The maximum atomic E-state index is 11.9. The quantitative estimate of drug-likeness (QED) is 0.734. The molecular weight excluding hydrogens is 358 g/mol. The highest BCUT2D eigenvalue weighted by Gasteiger charge is 2.10. The first kappa shape index (κ1) is 19.6. The summed E-state index contributed by atoms with van der Waals surface area (Å²) < 4.78 is 0. The van der Waals surface area contributed by atoms with Crippen LogP contribution in [-0.2, 0) is 17.9 Å². The molecule has 2 heterocycles. The van der Waals surface area contributed by atoms with Crippen molar-refractivity contribution < 1.29 is 9.59 Å². The Balaban J connectivity index is 1.34. The van der Waals surface area contributed by atoms with Gasteiger partial charge in [-0.3, -0.25) is 14.5 Å². The number of carbonyl (C=O) groups is 2. The maximum Gasteiger partial charge on any atom is 0.252 e. The predicted octanol–water partition coefficient (Wildman–Crippen LogP) is 3.17. The van der Waals surface area contributed by atoms with Crippen LogP contribution in [0.3, 0.4) is 0 Å². The van der Waals surface area contributed by atoms with E-state index in [9.17, 15) is 9.59 Å². The van der Waals surface area contributed by atoms with Crippen molar-refractivity contribution in [3.8, 4) is 0 Å². The van der Waals surface area contributed by atoms with E-state index in [2.05, 4.69) is 39.8 Å². The highest BCUT2D eigenvalue weighted by Crippen LogP contribution is 2.13. The molecule has 27 heavy (non-hydrogen) atoms. The standard InChI is InChI=1S/C21H27N3O2S/c25-20(8-10-22-21(26)19-9-13-27-16-19)23-14-17-4-6-18(7-5-17)15-24-11-2-1-3-12-24/h4-7,9,13,16H,1-3,8,10-12,14-15H2,(H,22,26)(H,23,25). The van der Waals surface area contributed by atoms with Crippen molar-refractivity contribution in [3.05, 3.63) is 57.8 Å². The highest BCUT2D eigenvalue weighted by molar-refractivity contribution is 7.08. The van der Waals surface area contributed by atoms with Crippen LogP contribution in [0.15, 0.2) is 41.1 Å². The lowest BCUT2D eigenvalue weighted by molar-refractivity contribution is -0.121. The Morgan fingerprint density at radius 3 is 2.41 bits per heavy atom. The van der Waals surface area contributed by atoms with Gasteiger partial charge in [0, 0.05) is 37.0 Å². The third-order valence-corrected chi connectivity index (χ3v) is 5.47. The van der Waals surface area contributed by atoms with E-state index in [-0.39, 0.29) is 18.2 Å². The van der Waals surface area contributed by atoms with E-state index in [1.54, 1.807) is 11.4 Å². The molecule has 2 aromatic rings. The molecule has 0 aliphatic carbocycles. The second-order valence-corrected chi connectivity index (χ2v) is 7.73. The van der Waals surface area contributed by atoms with Crippen LogP contribution in [0, 0.1) is 0 Å². The van der Waals surface area contributed by atoms with Gasteiger partial charge in [-0.2, -0.15) is 11.3 Å². The van der Waals surface area contributed by atoms with Gasteiger partial charge in [0.15, 0.2) is 0 Å². The van der Waals surface area contributed by atoms with Crippen LogP contribution in [0.5, 0.6) is 0 Å². The van der Waals surface area contributed by atoms with Gasteiger partial charge in [-0.15, -0.1) is 0 Å². The minimum absolute atomic E-state index is 0.0574. The van der Waals surface area contributed by atoms with Crippen LogP contribution in [-0.4, -0.2) is 36.3 Å². The van der Waals surface area contributed by atoms with Crippen LogP contribution < -0.4 is 10.6 Å². The molecule has 0 saturated carbocycles. The first-order valence-corrected chi connectivity index (χ1v) is 10.5. The molecule has 1 aromatic heterocycles. The van der Waals surface area contributed by atoms with Crippen LogP contribution in [0.1, 0.15) is 47.2 Å². The average Bonchev–Trinajstić information content (AvgIpc) is 3.23. The predicted molar refractivity (Wildman–Crippen MR) is 109 cm³/mol. The third kappa shape index (κ3) is 6.48. The molecule has 1 aliphatic heterocycles. The minimum atomic E-state index is -0.131. The lowest BCUT2D eigenvalue weighted by atomic mass is 10.1. The summed E-state index contributed by atoms with van der Waals surface area (Å²) in [6, 6.07) is 10.2. The number of likely N-dealkylation sites (tertiary alicyclic amines) is 1. The van der Waals surface area contributed by atoms with E-state index in [4.69, 9.17) is 0 Å². The summed E-state index contributed by atoms with van der Waals surface area (Å²) in [5, 5.41) is 9.33. The smallest absolute Gasteiger partial charge is 0.252 e. The molecule has 0 bridgehead atoms. The van der Waals surface area contributed by atoms with Crippen molar-refractivity contribution in [1.29, 1.82) is 0 Å². The number of nitrogens with one attached hydrogen (secondary N) is 2. The molecule has 5 nitrogen and oxygen atoms in total.